The lowest BCUT2D eigenvalue weighted by molar-refractivity contribution is -0.126. The monoisotopic (exact) mass is 252 g/mol. The van der Waals surface area contributed by atoms with Crippen molar-refractivity contribution in [3.8, 4) is 0 Å². The van der Waals surface area contributed by atoms with Gasteiger partial charge in [-0.3, -0.25) is 14.9 Å². The number of carbonyl (C=O) groups is 2. The molecule has 18 heavy (non-hydrogen) atoms. The first-order valence-corrected chi connectivity index (χ1v) is 5.90. The summed E-state index contributed by atoms with van der Waals surface area (Å²) in [5, 5.41) is 8.18. The predicted molar refractivity (Wildman–Crippen MR) is 62.5 cm³/mol. The van der Waals surface area contributed by atoms with Crippen molar-refractivity contribution >= 4 is 11.8 Å². The highest BCUT2D eigenvalue weighted by atomic mass is 16.4. The molecule has 0 radical (unpaired) electrons. The molecular weight excluding hydrogens is 236 g/mol. The van der Waals surface area contributed by atoms with Crippen molar-refractivity contribution in [3.63, 3.8) is 0 Å². The highest BCUT2D eigenvalue weighted by Crippen LogP contribution is 2.03. The van der Waals surface area contributed by atoms with Gasteiger partial charge in [-0.2, -0.15) is 0 Å². The van der Waals surface area contributed by atoms with E-state index in [0.29, 0.717) is 12.4 Å². The van der Waals surface area contributed by atoms with Gasteiger partial charge in [0, 0.05) is 13.0 Å². The third-order valence-corrected chi connectivity index (χ3v) is 2.69. The van der Waals surface area contributed by atoms with Crippen LogP contribution in [0.1, 0.15) is 18.6 Å². The molecule has 0 saturated carbocycles. The lowest BCUT2D eigenvalue weighted by Gasteiger charge is -2.22. The zero-order valence-electron chi connectivity index (χ0n) is 10.2. The Morgan fingerprint density at radius 3 is 3.11 bits per heavy atom. The maximum Gasteiger partial charge on any atom is 0.239 e. The third kappa shape index (κ3) is 3.07. The van der Waals surface area contributed by atoms with E-state index in [0.717, 1.165) is 12.2 Å². The fourth-order valence-corrected chi connectivity index (χ4v) is 1.63. The van der Waals surface area contributed by atoms with E-state index in [1.165, 1.54) is 0 Å². The number of oxazole rings is 1. The minimum atomic E-state index is -0.400. The molecule has 1 atom stereocenters. The Balaban J connectivity index is 1.79. The number of amides is 2. The van der Waals surface area contributed by atoms with E-state index in [9.17, 15) is 9.59 Å². The average Bonchev–Trinajstić information content (AvgIpc) is 2.85. The summed E-state index contributed by atoms with van der Waals surface area (Å²) in [6, 6.07) is -0.400. The van der Waals surface area contributed by atoms with Crippen molar-refractivity contribution in [1.82, 2.24) is 20.9 Å². The predicted octanol–water partition coefficient (Wildman–Crippen LogP) is -1.06. The smallest absolute Gasteiger partial charge is 0.239 e. The summed E-state index contributed by atoms with van der Waals surface area (Å²) in [5.41, 5.74) is 0. The summed E-state index contributed by atoms with van der Waals surface area (Å²) in [7, 11) is 0. The molecule has 1 fully saturated rings. The second-order valence-corrected chi connectivity index (χ2v) is 4.03. The number of hydrogen-bond donors (Lipinski definition) is 3. The first-order valence-electron chi connectivity index (χ1n) is 5.90. The Bertz CT molecular complexity index is 433. The molecule has 1 aliphatic rings. The van der Waals surface area contributed by atoms with Gasteiger partial charge in [-0.15, -0.1) is 0 Å². The summed E-state index contributed by atoms with van der Waals surface area (Å²) in [6.07, 6.45) is 2.43. The van der Waals surface area contributed by atoms with E-state index in [4.69, 9.17) is 4.42 Å². The minimum Gasteiger partial charge on any atom is -0.444 e. The van der Waals surface area contributed by atoms with Crippen LogP contribution in [0.15, 0.2) is 10.6 Å². The van der Waals surface area contributed by atoms with Crippen LogP contribution in [0.5, 0.6) is 0 Å². The number of nitrogens with one attached hydrogen (secondary N) is 3. The number of aryl methyl sites for hydroxylation is 1. The normalized spacial score (nSPS) is 19.4. The van der Waals surface area contributed by atoms with Crippen LogP contribution in [0.4, 0.5) is 0 Å². The highest BCUT2D eigenvalue weighted by Gasteiger charge is 2.23. The van der Waals surface area contributed by atoms with Crippen molar-refractivity contribution < 1.29 is 14.0 Å². The SMILES string of the molecule is CCc1cnc(CNC(=O)C2CNC(=O)CN2)o1. The summed E-state index contributed by atoms with van der Waals surface area (Å²) < 4.78 is 5.37. The lowest BCUT2D eigenvalue weighted by atomic mass is 10.2. The van der Waals surface area contributed by atoms with E-state index >= 15 is 0 Å². The van der Waals surface area contributed by atoms with E-state index in [1.54, 1.807) is 6.20 Å². The molecule has 7 nitrogen and oxygen atoms in total. The van der Waals surface area contributed by atoms with E-state index in [-0.39, 0.29) is 24.9 Å². The van der Waals surface area contributed by atoms with Crippen LogP contribution in [0.25, 0.3) is 0 Å². The Kier molecular flexibility index (Phi) is 3.93. The molecule has 3 N–H and O–H groups in total. The molecule has 0 spiro atoms. The lowest BCUT2D eigenvalue weighted by Crippen LogP contribution is -2.57. The Labute approximate surface area is 104 Å². The second kappa shape index (κ2) is 5.63. The molecule has 2 heterocycles. The van der Waals surface area contributed by atoms with Crippen molar-refractivity contribution in [3.05, 3.63) is 17.8 Å². The molecule has 2 amide bonds. The number of aromatic nitrogens is 1. The first kappa shape index (κ1) is 12.6. The van der Waals surface area contributed by atoms with Gasteiger partial charge in [0.2, 0.25) is 17.7 Å². The van der Waals surface area contributed by atoms with Gasteiger partial charge in [-0.05, 0) is 0 Å². The standard InChI is InChI=1S/C11H16N4O3/c1-2-7-3-14-10(18-7)6-15-11(17)8-4-13-9(16)5-12-8/h3,8,12H,2,4-6H2,1H3,(H,13,16)(H,15,17). The van der Waals surface area contributed by atoms with Crippen molar-refractivity contribution in [2.75, 3.05) is 13.1 Å². The van der Waals surface area contributed by atoms with Gasteiger partial charge in [0.1, 0.15) is 11.8 Å². The topological polar surface area (TPSA) is 96.3 Å². The number of hydrogen-bond acceptors (Lipinski definition) is 5. The third-order valence-electron chi connectivity index (χ3n) is 2.69. The maximum absolute atomic E-state index is 11.8. The highest BCUT2D eigenvalue weighted by molar-refractivity contribution is 5.86. The average molecular weight is 252 g/mol. The molecule has 7 heteroatoms. The van der Waals surface area contributed by atoms with Crippen LogP contribution in [-0.4, -0.2) is 35.9 Å². The van der Waals surface area contributed by atoms with Crippen molar-refractivity contribution in [1.29, 1.82) is 0 Å². The zero-order chi connectivity index (χ0) is 13.0. The molecular formula is C11H16N4O3. The van der Waals surface area contributed by atoms with Gasteiger partial charge < -0.3 is 15.1 Å². The second-order valence-electron chi connectivity index (χ2n) is 4.03. The quantitative estimate of drug-likeness (QED) is 0.635. The summed E-state index contributed by atoms with van der Waals surface area (Å²) >= 11 is 0. The van der Waals surface area contributed by atoms with Crippen molar-refractivity contribution in [2.24, 2.45) is 0 Å². The van der Waals surface area contributed by atoms with Gasteiger partial charge in [0.25, 0.3) is 0 Å². The zero-order valence-corrected chi connectivity index (χ0v) is 10.2. The molecule has 1 aromatic heterocycles. The summed E-state index contributed by atoms with van der Waals surface area (Å²) in [6.45, 7) is 2.69. The Morgan fingerprint density at radius 2 is 2.50 bits per heavy atom. The molecule has 1 unspecified atom stereocenters. The maximum atomic E-state index is 11.8. The molecule has 2 rings (SSSR count). The summed E-state index contributed by atoms with van der Waals surface area (Å²) in [5.74, 6) is 1.01. The van der Waals surface area contributed by atoms with Gasteiger partial charge in [-0.25, -0.2) is 4.98 Å². The van der Waals surface area contributed by atoms with Crippen LogP contribution >= 0.6 is 0 Å². The van der Waals surface area contributed by atoms with E-state index < -0.39 is 6.04 Å². The molecule has 98 valence electrons. The molecule has 1 saturated heterocycles. The van der Waals surface area contributed by atoms with E-state index in [2.05, 4.69) is 20.9 Å². The fraction of sp³-hybridized carbons (Fsp3) is 0.545. The number of piperazine rings is 1. The van der Waals surface area contributed by atoms with Gasteiger partial charge in [0.15, 0.2) is 0 Å². The minimum absolute atomic E-state index is 0.0978. The largest absolute Gasteiger partial charge is 0.444 e. The molecule has 0 bridgehead atoms. The summed E-state index contributed by atoms with van der Waals surface area (Å²) in [4.78, 5) is 26.7. The van der Waals surface area contributed by atoms with Crippen LogP contribution in [0.2, 0.25) is 0 Å². The van der Waals surface area contributed by atoms with Crippen LogP contribution in [0, 0.1) is 0 Å². The fourth-order valence-electron chi connectivity index (χ4n) is 1.63. The van der Waals surface area contributed by atoms with Crippen molar-refractivity contribution in [2.45, 2.75) is 25.9 Å². The number of carbonyl (C=O) groups excluding carboxylic acids is 2. The van der Waals surface area contributed by atoms with Crippen LogP contribution in [-0.2, 0) is 22.6 Å². The van der Waals surface area contributed by atoms with Gasteiger partial charge in [-0.1, -0.05) is 6.92 Å². The molecule has 0 aromatic carbocycles. The van der Waals surface area contributed by atoms with E-state index in [1.807, 2.05) is 6.92 Å². The number of nitrogens with zero attached hydrogens (tertiary/aromatic N) is 1. The number of rotatable bonds is 4. The van der Waals surface area contributed by atoms with Crippen LogP contribution < -0.4 is 16.0 Å². The molecule has 0 aliphatic carbocycles. The Hall–Kier alpha value is -1.89. The first-order chi connectivity index (χ1) is 8.69. The van der Waals surface area contributed by atoms with Crippen LogP contribution in [0.3, 0.4) is 0 Å². The van der Waals surface area contributed by atoms with Gasteiger partial charge >= 0.3 is 0 Å². The Morgan fingerprint density at radius 1 is 1.67 bits per heavy atom. The molecule has 1 aliphatic heterocycles. The van der Waals surface area contributed by atoms with Gasteiger partial charge in [0.05, 0.1) is 19.3 Å². The molecule has 1 aromatic rings.